The van der Waals surface area contributed by atoms with Gasteiger partial charge in [0.05, 0.1) is 26.3 Å². The topological polar surface area (TPSA) is 22.9 Å². The quantitative estimate of drug-likeness (QED) is 0.564. The van der Waals surface area contributed by atoms with Crippen LogP contribution in [-0.4, -0.2) is 41.1 Å². The lowest BCUT2D eigenvalue weighted by atomic mass is 9.68. The van der Waals surface area contributed by atoms with Crippen LogP contribution >= 0.6 is 0 Å². The summed E-state index contributed by atoms with van der Waals surface area (Å²) in [7, 11) is -1.50. The second kappa shape index (κ2) is 4.68. The van der Waals surface area contributed by atoms with Gasteiger partial charge in [0.15, 0.2) is 0 Å². The summed E-state index contributed by atoms with van der Waals surface area (Å²) in [5.74, 6) is 3.40. The minimum absolute atomic E-state index is 0.324. The summed E-state index contributed by atoms with van der Waals surface area (Å²) in [5.41, 5.74) is 3.56. The Morgan fingerprint density at radius 1 is 1.17 bits per heavy atom. The number of fused-ring (bicyclic) bond motifs is 1. The third kappa shape index (κ3) is 2.53. The number of hydrogen-bond acceptors (Lipinski definition) is 2. The van der Waals surface area contributed by atoms with Gasteiger partial charge in [-0.05, 0) is 5.04 Å². The van der Waals surface area contributed by atoms with Crippen LogP contribution in [0.4, 0.5) is 0 Å². The van der Waals surface area contributed by atoms with Crippen LogP contribution in [0.1, 0.15) is 20.8 Å². The zero-order valence-electron chi connectivity index (χ0n) is 12.4. The molecule has 5 heteroatoms. The van der Waals surface area contributed by atoms with Crippen molar-refractivity contribution in [2.75, 3.05) is 26.3 Å². The molecule has 18 heavy (non-hydrogen) atoms. The Morgan fingerprint density at radius 3 is 2.22 bits per heavy atom. The molecule has 0 aromatic heterocycles. The van der Waals surface area contributed by atoms with Crippen molar-refractivity contribution >= 4 is 14.8 Å². The average Bonchev–Trinajstić information content (AvgIpc) is 2.73. The summed E-state index contributed by atoms with van der Waals surface area (Å²) in [6.07, 6.45) is 0.780. The Morgan fingerprint density at radius 2 is 1.72 bits per heavy atom. The van der Waals surface area contributed by atoms with Gasteiger partial charge in [0, 0.05) is 6.32 Å². The Kier molecular flexibility index (Phi) is 3.67. The molecule has 2 heterocycles. The van der Waals surface area contributed by atoms with Crippen LogP contribution in [0, 0.1) is 11.5 Å². The lowest BCUT2D eigenvalue weighted by Gasteiger charge is -2.32. The summed E-state index contributed by atoms with van der Waals surface area (Å²) in [6, 6.07) is 0. The molecule has 2 fully saturated rings. The monoisotopic (exact) mass is 267 g/mol. The number of hydrogen-bond donors (Lipinski definition) is 1. The van der Waals surface area contributed by atoms with Gasteiger partial charge < -0.3 is 14.1 Å². The molecule has 2 rings (SSSR count). The fourth-order valence-electron chi connectivity index (χ4n) is 2.47. The standard InChI is InChI=1S/C13H26BNO2Si/c1-13(2,3)18(4,5)12-6-7-14-15(8-10-16-14)9-11-17-14/h15H,7-11H2,1-5H3. The molecule has 2 aliphatic rings. The first-order chi connectivity index (χ1) is 8.27. The predicted octanol–water partition coefficient (Wildman–Crippen LogP) is 0.922. The molecule has 2 saturated heterocycles. The minimum atomic E-state index is -1.50. The molecule has 0 unspecified atom stereocenters. The van der Waals surface area contributed by atoms with Crippen LogP contribution < -0.4 is 4.81 Å². The lowest BCUT2D eigenvalue weighted by Crippen LogP contribution is -3.19. The van der Waals surface area contributed by atoms with Crippen molar-refractivity contribution in [2.24, 2.45) is 0 Å². The van der Waals surface area contributed by atoms with Gasteiger partial charge in [0.2, 0.25) is 0 Å². The molecule has 0 atom stereocenters. The first kappa shape index (κ1) is 14.1. The maximum Gasteiger partial charge on any atom is 0.482 e. The Hall–Kier alpha value is -0.278. The lowest BCUT2D eigenvalue weighted by molar-refractivity contribution is -0.783. The van der Waals surface area contributed by atoms with Crippen molar-refractivity contribution in [1.82, 2.24) is 0 Å². The van der Waals surface area contributed by atoms with E-state index in [0.29, 0.717) is 5.04 Å². The van der Waals surface area contributed by atoms with E-state index in [9.17, 15) is 0 Å². The highest BCUT2D eigenvalue weighted by molar-refractivity contribution is 6.87. The van der Waals surface area contributed by atoms with E-state index in [2.05, 4.69) is 45.3 Å². The number of quaternary nitrogens is 1. The molecule has 0 amide bonds. The van der Waals surface area contributed by atoms with Crippen LogP contribution in [0.2, 0.25) is 24.5 Å². The largest absolute Gasteiger partial charge is 0.509 e. The highest BCUT2D eigenvalue weighted by Crippen LogP contribution is 2.35. The van der Waals surface area contributed by atoms with E-state index in [0.717, 1.165) is 32.6 Å². The molecular formula is C13H26BNO2Si. The molecular weight excluding hydrogens is 241 g/mol. The molecule has 0 aromatic rings. The molecule has 2 aliphatic heterocycles. The molecule has 0 spiro atoms. The summed E-state index contributed by atoms with van der Waals surface area (Å²) in [5, 5.41) is 0.324. The van der Waals surface area contributed by atoms with Crippen LogP contribution in [0.15, 0.2) is 0 Å². The highest BCUT2D eigenvalue weighted by atomic mass is 28.3. The molecule has 102 valence electrons. The smallest absolute Gasteiger partial charge is 0.482 e. The third-order valence-corrected chi connectivity index (χ3v) is 9.44. The maximum atomic E-state index is 5.88. The van der Waals surface area contributed by atoms with Crippen LogP contribution in [0.25, 0.3) is 0 Å². The fourth-order valence-corrected chi connectivity index (χ4v) is 3.38. The second-order valence-electron chi connectivity index (χ2n) is 7.15. The minimum Gasteiger partial charge on any atom is -0.509 e. The van der Waals surface area contributed by atoms with Gasteiger partial charge in [0.1, 0.15) is 8.07 Å². The maximum absolute atomic E-state index is 5.88. The Bertz CT molecular complexity index is 371. The molecule has 0 saturated carbocycles. The Balaban J connectivity index is 2.04. The highest BCUT2D eigenvalue weighted by Gasteiger charge is 2.49. The third-order valence-electron chi connectivity index (χ3n) is 4.89. The van der Waals surface area contributed by atoms with Crippen LogP contribution in [0.3, 0.4) is 0 Å². The van der Waals surface area contributed by atoms with E-state index in [4.69, 9.17) is 9.31 Å². The molecule has 0 radical (unpaired) electrons. The predicted molar refractivity (Wildman–Crippen MR) is 78.1 cm³/mol. The summed E-state index contributed by atoms with van der Waals surface area (Å²) < 4.78 is 11.8. The first-order valence-corrected chi connectivity index (χ1v) is 10.1. The van der Waals surface area contributed by atoms with Gasteiger partial charge in [0.25, 0.3) is 0 Å². The van der Waals surface area contributed by atoms with Gasteiger partial charge >= 0.3 is 6.69 Å². The number of nitrogens with one attached hydrogen (secondary N) is 1. The van der Waals surface area contributed by atoms with E-state index in [1.54, 1.807) is 0 Å². The first-order valence-electron chi connectivity index (χ1n) is 7.06. The van der Waals surface area contributed by atoms with Crippen molar-refractivity contribution in [3.63, 3.8) is 0 Å². The second-order valence-corrected chi connectivity index (χ2v) is 12.2. The van der Waals surface area contributed by atoms with Gasteiger partial charge in [-0.1, -0.05) is 33.9 Å². The van der Waals surface area contributed by atoms with Crippen molar-refractivity contribution in [3.05, 3.63) is 0 Å². The fraction of sp³-hybridized carbons (Fsp3) is 0.846. The van der Waals surface area contributed by atoms with Crippen molar-refractivity contribution in [2.45, 2.75) is 45.2 Å². The summed E-state index contributed by atoms with van der Waals surface area (Å²) in [4.78, 5) is 1.49. The van der Waals surface area contributed by atoms with E-state index in [-0.39, 0.29) is 0 Å². The SMILES string of the molecule is CC(C)(C)[Si](C)(C)C#CC[B-]12OCC[NH+]1CCO2. The Labute approximate surface area is 112 Å². The molecule has 0 aromatic carbocycles. The van der Waals surface area contributed by atoms with Crippen molar-refractivity contribution in [3.8, 4) is 11.5 Å². The number of rotatable bonds is 1. The zero-order chi connectivity index (χ0) is 13.4. The van der Waals surface area contributed by atoms with E-state index in [1.165, 1.54) is 4.81 Å². The summed E-state index contributed by atoms with van der Waals surface area (Å²) >= 11 is 0. The van der Waals surface area contributed by atoms with Gasteiger partial charge in [-0.25, -0.2) is 0 Å². The van der Waals surface area contributed by atoms with Gasteiger partial charge in [-0.2, -0.15) is 0 Å². The van der Waals surface area contributed by atoms with E-state index < -0.39 is 14.8 Å². The van der Waals surface area contributed by atoms with Gasteiger partial charge in [-0.3, -0.25) is 0 Å². The molecule has 1 N–H and O–H groups in total. The molecule has 0 bridgehead atoms. The summed E-state index contributed by atoms with van der Waals surface area (Å²) in [6.45, 7) is 14.3. The van der Waals surface area contributed by atoms with Crippen molar-refractivity contribution in [1.29, 1.82) is 0 Å². The van der Waals surface area contributed by atoms with Crippen LogP contribution in [-0.2, 0) is 9.31 Å². The van der Waals surface area contributed by atoms with E-state index >= 15 is 0 Å². The van der Waals surface area contributed by atoms with Crippen LogP contribution in [0.5, 0.6) is 0 Å². The zero-order valence-corrected chi connectivity index (χ0v) is 13.4. The average molecular weight is 267 g/mol. The molecule has 0 aliphatic carbocycles. The van der Waals surface area contributed by atoms with Gasteiger partial charge in [-0.15, -0.1) is 11.5 Å². The normalized spacial score (nSPS) is 31.9. The molecule has 3 nitrogen and oxygen atoms in total. The van der Waals surface area contributed by atoms with E-state index in [1.807, 2.05) is 0 Å². The van der Waals surface area contributed by atoms with Crippen molar-refractivity contribution < 1.29 is 14.1 Å².